The monoisotopic (exact) mass is 199 g/mol. The molecular formula is C6H7N4O2S. The zero-order valence-corrected chi connectivity index (χ0v) is 7.57. The number of aromatic nitrogens is 1. The van der Waals surface area contributed by atoms with Crippen molar-refractivity contribution in [1.82, 2.24) is 10.7 Å². The Balaban J connectivity index is 3.09. The van der Waals surface area contributed by atoms with Gasteiger partial charge in [0.05, 0.1) is 5.69 Å². The van der Waals surface area contributed by atoms with E-state index in [0.29, 0.717) is 5.69 Å². The van der Waals surface area contributed by atoms with E-state index in [0.717, 1.165) is 11.3 Å². The molecule has 6 nitrogen and oxygen atoms in total. The van der Waals surface area contributed by atoms with Gasteiger partial charge >= 0.3 is 0 Å². The van der Waals surface area contributed by atoms with E-state index in [9.17, 15) is 4.79 Å². The lowest BCUT2D eigenvalue weighted by atomic mass is 10.3. The number of amides is 1. The summed E-state index contributed by atoms with van der Waals surface area (Å²) < 4.78 is 0. The zero-order valence-electron chi connectivity index (χ0n) is 6.75. The highest BCUT2D eigenvalue weighted by molar-refractivity contribution is 7.07. The Morgan fingerprint density at radius 3 is 2.85 bits per heavy atom. The Bertz CT molecular complexity index is 391. The summed E-state index contributed by atoms with van der Waals surface area (Å²) in [6, 6.07) is 0. The second-order valence-corrected chi connectivity index (χ2v) is 2.93. The molecule has 13 heavy (non-hydrogen) atoms. The van der Waals surface area contributed by atoms with Gasteiger partial charge in [-0.15, -0.1) is 11.3 Å². The van der Waals surface area contributed by atoms with Gasteiger partial charge in [0, 0.05) is 5.38 Å². The molecule has 0 aliphatic heterocycles. The van der Waals surface area contributed by atoms with Crippen molar-refractivity contribution in [3.8, 4) is 0 Å². The number of aromatic amines is 1. The first-order valence-corrected chi connectivity index (χ1v) is 4.13. The maximum atomic E-state index is 10.7. The molecule has 1 heterocycles. The van der Waals surface area contributed by atoms with Crippen LogP contribution in [-0.4, -0.2) is 23.7 Å². The zero-order chi connectivity index (χ0) is 9.84. The third-order valence-electron chi connectivity index (χ3n) is 1.20. The summed E-state index contributed by atoms with van der Waals surface area (Å²) in [5.41, 5.74) is 7.06. The maximum Gasteiger partial charge on any atom is 0.293 e. The molecule has 1 rings (SSSR count). The number of nitrogens with zero attached hydrogens (tertiary/aromatic N) is 1. The van der Waals surface area contributed by atoms with Crippen molar-refractivity contribution in [3.05, 3.63) is 15.9 Å². The van der Waals surface area contributed by atoms with Crippen LogP contribution in [0.1, 0.15) is 5.69 Å². The average molecular weight is 199 g/mol. The van der Waals surface area contributed by atoms with Crippen LogP contribution in [0.4, 0.5) is 0 Å². The minimum atomic E-state index is -0.948. The molecule has 3 N–H and O–H groups in total. The highest BCUT2D eigenvalue weighted by Crippen LogP contribution is 1.98. The van der Waals surface area contributed by atoms with E-state index < -0.39 is 5.91 Å². The van der Waals surface area contributed by atoms with Crippen molar-refractivity contribution >= 4 is 23.0 Å². The highest BCUT2D eigenvalue weighted by atomic mass is 32.1. The number of rotatable bonds is 3. The fourth-order valence-electron chi connectivity index (χ4n) is 0.718. The predicted octanol–water partition coefficient (Wildman–Crippen LogP) is -0.284. The molecule has 0 unspecified atom stereocenters. The molecule has 1 amide bonds. The van der Waals surface area contributed by atoms with E-state index in [1.54, 1.807) is 0 Å². The summed E-state index contributed by atoms with van der Waals surface area (Å²) in [6.07, 6.45) is 0. The van der Waals surface area contributed by atoms with Crippen LogP contribution in [0.25, 0.3) is 0 Å². The van der Waals surface area contributed by atoms with Gasteiger partial charge in [-0.05, 0) is 0 Å². The quantitative estimate of drug-likeness (QED) is 0.516. The lowest BCUT2D eigenvalue weighted by molar-refractivity contribution is -0.112. The van der Waals surface area contributed by atoms with Crippen molar-refractivity contribution in [3.63, 3.8) is 0 Å². The molecule has 1 radical (unpaired) electrons. The topological polar surface area (TPSA) is 102 Å². The van der Waals surface area contributed by atoms with Crippen molar-refractivity contribution in [2.75, 3.05) is 7.11 Å². The molecule has 0 atom stereocenters. The summed E-state index contributed by atoms with van der Waals surface area (Å²) in [6.45, 7) is 0. The summed E-state index contributed by atoms with van der Waals surface area (Å²) >= 11 is 1.12. The van der Waals surface area contributed by atoms with Crippen LogP contribution in [-0.2, 0) is 9.63 Å². The number of hydrogen-bond donors (Lipinski definition) is 2. The first kappa shape index (κ1) is 9.46. The van der Waals surface area contributed by atoms with Gasteiger partial charge < -0.3 is 9.82 Å². The molecule has 0 aliphatic rings. The minimum absolute atomic E-state index is 0.128. The first-order valence-electron chi connectivity index (χ1n) is 3.25. The van der Waals surface area contributed by atoms with Crippen LogP contribution in [0.2, 0.25) is 0 Å². The van der Waals surface area contributed by atoms with Gasteiger partial charge in [0.2, 0.25) is 0 Å². The maximum absolute atomic E-state index is 10.7. The number of hydrogen-bond acceptors (Lipinski definition) is 5. The molecule has 0 fully saturated rings. The molecule has 0 saturated carbocycles. The van der Waals surface area contributed by atoms with Crippen molar-refractivity contribution < 1.29 is 9.63 Å². The Kier molecular flexibility index (Phi) is 2.80. The predicted molar refractivity (Wildman–Crippen MR) is 46.2 cm³/mol. The van der Waals surface area contributed by atoms with Crippen molar-refractivity contribution in [1.29, 1.82) is 5.41 Å². The Morgan fingerprint density at radius 1 is 1.77 bits per heavy atom. The normalized spacial score (nSPS) is 11.3. The Labute approximate surface area is 77.5 Å². The smallest absolute Gasteiger partial charge is 0.293 e. The standard InChI is InChI=1S/C6H7N4O2S/c1-12-10-4(5(7)11)3-2-13-6(8)9-3/h2,7H,1H3,(H2,8,9)/b10-4-. The molecular weight excluding hydrogens is 192 g/mol. The van der Waals surface area contributed by atoms with E-state index >= 15 is 0 Å². The molecule has 0 saturated heterocycles. The molecule has 1 aromatic heterocycles. The van der Waals surface area contributed by atoms with Crippen molar-refractivity contribution in [2.45, 2.75) is 0 Å². The number of thiazole rings is 1. The summed E-state index contributed by atoms with van der Waals surface area (Å²) in [7, 11) is 1.29. The number of carbonyl (C=O) groups is 1. The summed E-state index contributed by atoms with van der Waals surface area (Å²) in [4.78, 5) is 17.9. The van der Waals surface area contributed by atoms with Crippen LogP contribution in [0.5, 0.6) is 0 Å². The van der Waals surface area contributed by atoms with E-state index in [4.69, 9.17) is 11.1 Å². The van der Waals surface area contributed by atoms with Gasteiger partial charge in [-0.3, -0.25) is 15.9 Å². The third kappa shape index (κ3) is 2.15. The Morgan fingerprint density at radius 2 is 2.46 bits per heavy atom. The van der Waals surface area contributed by atoms with Crippen LogP contribution >= 0.6 is 11.3 Å². The molecule has 0 aromatic carbocycles. The van der Waals surface area contributed by atoms with Crippen molar-refractivity contribution in [2.24, 2.45) is 5.16 Å². The Hall–Kier alpha value is -1.63. The first-order chi connectivity index (χ1) is 6.15. The summed E-state index contributed by atoms with van der Waals surface area (Å²) in [5, 5.41) is 12.1. The summed E-state index contributed by atoms with van der Waals surface area (Å²) in [5.74, 6) is -0.948. The average Bonchev–Trinajstić information content (AvgIpc) is 2.46. The van der Waals surface area contributed by atoms with Crippen LogP contribution in [0.15, 0.2) is 10.5 Å². The van der Waals surface area contributed by atoms with E-state index in [-0.39, 0.29) is 10.5 Å². The molecule has 7 heteroatoms. The molecule has 69 valence electrons. The second-order valence-electron chi connectivity index (χ2n) is 2.06. The molecule has 1 aromatic rings. The number of carbonyl (C=O) groups excluding carboxylic acids is 1. The van der Waals surface area contributed by atoms with E-state index in [1.807, 2.05) is 0 Å². The van der Waals surface area contributed by atoms with Crippen LogP contribution in [0.3, 0.4) is 0 Å². The van der Waals surface area contributed by atoms with Gasteiger partial charge in [0.15, 0.2) is 10.5 Å². The number of H-pyrrole nitrogens is 1. The van der Waals surface area contributed by atoms with Crippen LogP contribution < -0.4 is 10.5 Å². The SMILES string of the molecule is CO/N=C(\C([NH])=O)c1csc(=N)[nH]1. The fourth-order valence-corrected chi connectivity index (χ4v) is 1.29. The largest absolute Gasteiger partial charge is 0.398 e. The van der Waals surface area contributed by atoms with Gasteiger partial charge in [-0.2, -0.15) is 0 Å². The molecule has 0 aliphatic carbocycles. The third-order valence-corrected chi connectivity index (χ3v) is 1.89. The van der Waals surface area contributed by atoms with Gasteiger partial charge in [-0.1, -0.05) is 5.16 Å². The fraction of sp³-hybridized carbons (Fsp3) is 0.167. The number of oxime groups is 1. The molecule has 0 bridgehead atoms. The van der Waals surface area contributed by atoms with Gasteiger partial charge in [0.1, 0.15) is 7.11 Å². The van der Waals surface area contributed by atoms with E-state index in [2.05, 4.69) is 15.0 Å². The second kappa shape index (κ2) is 3.85. The van der Waals surface area contributed by atoms with Crippen LogP contribution in [0, 0.1) is 5.41 Å². The van der Waals surface area contributed by atoms with E-state index in [1.165, 1.54) is 12.5 Å². The molecule has 0 spiro atoms. The van der Waals surface area contributed by atoms with Gasteiger partial charge in [-0.25, -0.2) is 0 Å². The lowest BCUT2D eigenvalue weighted by Gasteiger charge is -1.95. The number of nitrogens with one attached hydrogen (secondary N) is 3. The highest BCUT2D eigenvalue weighted by Gasteiger charge is 2.13. The lowest BCUT2D eigenvalue weighted by Crippen LogP contribution is -2.18. The van der Waals surface area contributed by atoms with Gasteiger partial charge in [0.25, 0.3) is 5.91 Å². The minimum Gasteiger partial charge on any atom is -0.398 e.